The van der Waals surface area contributed by atoms with Crippen LogP contribution in [-0.2, 0) is 9.59 Å². The molecule has 2 atom stereocenters. The predicted molar refractivity (Wildman–Crippen MR) is 71.4 cm³/mol. The van der Waals surface area contributed by atoms with Crippen LogP contribution in [0.1, 0.15) is 36.1 Å². The van der Waals surface area contributed by atoms with E-state index in [1.807, 2.05) is 6.92 Å². The molecule has 1 N–H and O–H groups in total. The van der Waals surface area contributed by atoms with Crippen molar-refractivity contribution in [2.75, 3.05) is 6.54 Å². The Hall–Kier alpha value is -1.36. The molecule has 0 aromatic carbocycles. The van der Waals surface area contributed by atoms with E-state index < -0.39 is 6.04 Å². The number of aryl methyl sites for hydroxylation is 1. The fraction of sp³-hybridized carbons (Fsp3) is 0.538. The van der Waals surface area contributed by atoms with E-state index >= 15 is 0 Å². The van der Waals surface area contributed by atoms with Crippen LogP contribution in [0.25, 0.3) is 0 Å². The van der Waals surface area contributed by atoms with Crippen LogP contribution in [0.5, 0.6) is 0 Å². The topological polar surface area (TPSA) is 49.4 Å². The summed E-state index contributed by atoms with van der Waals surface area (Å²) in [5, 5.41) is 2.71. The first-order valence-electron chi connectivity index (χ1n) is 6.15. The van der Waals surface area contributed by atoms with Gasteiger partial charge < -0.3 is 10.2 Å². The molecule has 0 spiro atoms. The molecule has 1 aromatic rings. The number of carbonyl (C=O) groups excluding carboxylic acids is 2. The highest BCUT2D eigenvalue weighted by Gasteiger charge is 2.30. The van der Waals surface area contributed by atoms with Crippen LogP contribution >= 0.6 is 11.3 Å². The SMILES string of the molecule is Cc1ccc(C(C)N2CCC(=O)NC(C)C2=O)s1. The monoisotopic (exact) mass is 266 g/mol. The zero-order valence-corrected chi connectivity index (χ0v) is 11.7. The van der Waals surface area contributed by atoms with Crippen molar-refractivity contribution in [3.63, 3.8) is 0 Å². The van der Waals surface area contributed by atoms with Gasteiger partial charge in [0.2, 0.25) is 11.8 Å². The first-order chi connectivity index (χ1) is 8.49. The van der Waals surface area contributed by atoms with Gasteiger partial charge in [-0.15, -0.1) is 11.3 Å². The third-order valence-electron chi connectivity index (χ3n) is 3.25. The Morgan fingerprint density at radius 3 is 2.78 bits per heavy atom. The minimum Gasteiger partial charge on any atom is -0.345 e. The van der Waals surface area contributed by atoms with Crippen molar-refractivity contribution in [3.05, 3.63) is 21.9 Å². The molecule has 1 aliphatic rings. The van der Waals surface area contributed by atoms with Gasteiger partial charge in [0, 0.05) is 22.7 Å². The molecule has 1 saturated heterocycles. The fourth-order valence-corrected chi connectivity index (χ4v) is 3.11. The molecule has 2 amide bonds. The zero-order chi connectivity index (χ0) is 13.3. The second-order valence-corrected chi connectivity index (χ2v) is 6.01. The summed E-state index contributed by atoms with van der Waals surface area (Å²) in [7, 11) is 0. The maximum absolute atomic E-state index is 12.2. The van der Waals surface area contributed by atoms with Crippen molar-refractivity contribution >= 4 is 23.2 Å². The molecule has 5 heteroatoms. The minimum absolute atomic E-state index is 0.000553. The van der Waals surface area contributed by atoms with Crippen LogP contribution in [-0.4, -0.2) is 29.3 Å². The predicted octanol–water partition coefficient (Wildman–Crippen LogP) is 1.85. The summed E-state index contributed by atoms with van der Waals surface area (Å²) in [5.41, 5.74) is 0. The van der Waals surface area contributed by atoms with Crippen molar-refractivity contribution < 1.29 is 9.59 Å². The number of hydrogen-bond donors (Lipinski definition) is 1. The lowest BCUT2D eigenvalue weighted by atomic mass is 10.2. The maximum atomic E-state index is 12.2. The van der Waals surface area contributed by atoms with E-state index in [0.717, 1.165) is 0 Å². The largest absolute Gasteiger partial charge is 0.345 e. The van der Waals surface area contributed by atoms with E-state index in [4.69, 9.17) is 0 Å². The average molecular weight is 266 g/mol. The van der Waals surface area contributed by atoms with Gasteiger partial charge >= 0.3 is 0 Å². The molecule has 0 radical (unpaired) electrons. The van der Waals surface area contributed by atoms with Gasteiger partial charge in [0.15, 0.2) is 0 Å². The van der Waals surface area contributed by atoms with Gasteiger partial charge in [-0.1, -0.05) is 0 Å². The third kappa shape index (κ3) is 2.56. The molecular formula is C13H18N2O2S. The summed E-state index contributed by atoms with van der Waals surface area (Å²) in [5.74, 6) is -0.0488. The second kappa shape index (κ2) is 5.10. The van der Waals surface area contributed by atoms with Crippen molar-refractivity contribution in [1.29, 1.82) is 0 Å². The fourth-order valence-electron chi connectivity index (χ4n) is 2.17. The minimum atomic E-state index is -0.427. The molecule has 1 aromatic heterocycles. The molecule has 0 aliphatic carbocycles. The zero-order valence-electron chi connectivity index (χ0n) is 10.9. The summed E-state index contributed by atoms with van der Waals surface area (Å²) >= 11 is 1.70. The summed E-state index contributed by atoms with van der Waals surface area (Å²) in [6, 6.07) is 3.73. The molecule has 1 fully saturated rings. The maximum Gasteiger partial charge on any atom is 0.245 e. The highest BCUT2D eigenvalue weighted by molar-refractivity contribution is 7.12. The highest BCUT2D eigenvalue weighted by Crippen LogP contribution is 2.28. The average Bonchev–Trinajstić information content (AvgIpc) is 2.70. The van der Waals surface area contributed by atoms with Gasteiger partial charge in [0.25, 0.3) is 0 Å². The first-order valence-corrected chi connectivity index (χ1v) is 6.97. The summed E-state index contributed by atoms with van der Waals surface area (Å²) < 4.78 is 0. The Morgan fingerprint density at radius 2 is 2.17 bits per heavy atom. The Balaban J connectivity index is 2.20. The van der Waals surface area contributed by atoms with Crippen molar-refractivity contribution in [2.24, 2.45) is 0 Å². The molecule has 2 unspecified atom stereocenters. The van der Waals surface area contributed by atoms with Crippen LogP contribution in [0.15, 0.2) is 12.1 Å². The number of thiophene rings is 1. The smallest absolute Gasteiger partial charge is 0.245 e. The second-order valence-electron chi connectivity index (χ2n) is 4.70. The lowest BCUT2D eigenvalue weighted by Crippen LogP contribution is -2.43. The van der Waals surface area contributed by atoms with Crippen LogP contribution in [0.2, 0.25) is 0 Å². The Bertz CT molecular complexity index is 469. The number of nitrogens with zero attached hydrogens (tertiary/aromatic N) is 1. The lowest BCUT2D eigenvalue weighted by molar-refractivity contribution is -0.134. The van der Waals surface area contributed by atoms with Crippen molar-refractivity contribution in [2.45, 2.75) is 39.3 Å². The molecule has 1 aliphatic heterocycles. The summed E-state index contributed by atoms with van der Waals surface area (Å²) in [6.07, 6.45) is 0.380. The molecule has 2 heterocycles. The van der Waals surface area contributed by atoms with Crippen LogP contribution in [0.3, 0.4) is 0 Å². The van der Waals surface area contributed by atoms with Gasteiger partial charge in [-0.05, 0) is 32.9 Å². The molecule has 98 valence electrons. The van der Waals surface area contributed by atoms with Crippen LogP contribution in [0.4, 0.5) is 0 Å². The molecule has 0 saturated carbocycles. The van der Waals surface area contributed by atoms with Gasteiger partial charge in [-0.25, -0.2) is 0 Å². The first kappa shape index (κ1) is 13.1. The number of rotatable bonds is 2. The van der Waals surface area contributed by atoms with E-state index in [1.54, 1.807) is 23.2 Å². The van der Waals surface area contributed by atoms with Gasteiger partial charge in [-0.3, -0.25) is 9.59 Å². The number of hydrogen-bond acceptors (Lipinski definition) is 3. The van der Waals surface area contributed by atoms with Gasteiger partial charge in [-0.2, -0.15) is 0 Å². The highest BCUT2D eigenvalue weighted by atomic mass is 32.1. The van der Waals surface area contributed by atoms with Gasteiger partial charge in [0.05, 0.1) is 6.04 Å². The normalized spacial score (nSPS) is 22.6. The van der Waals surface area contributed by atoms with Crippen molar-refractivity contribution in [3.8, 4) is 0 Å². The van der Waals surface area contributed by atoms with E-state index in [9.17, 15) is 9.59 Å². The van der Waals surface area contributed by atoms with E-state index in [2.05, 4.69) is 24.4 Å². The molecular weight excluding hydrogens is 248 g/mol. The summed E-state index contributed by atoms with van der Waals surface area (Å²) in [4.78, 5) is 27.9. The van der Waals surface area contributed by atoms with E-state index in [0.29, 0.717) is 13.0 Å². The number of nitrogens with one attached hydrogen (secondary N) is 1. The van der Waals surface area contributed by atoms with Gasteiger partial charge in [0.1, 0.15) is 6.04 Å². The Kier molecular flexibility index (Phi) is 3.71. The quantitative estimate of drug-likeness (QED) is 0.888. The number of carbonyl (C=O) groups is 2. The van der Waals surface area contributed by atoms with E-state index in [1.165, 1.54) is 9.75 Å². The summed E-state index contributed by atoms with van der Waals surface area (Å²) in [6.45, 7) is 6.31. The Morgan fingerprint density at radius 1 is 1.44 bits per heavy atom. The van der Waals surface area contributed by atoms with E-state index in [-0.39, 0.29) is 17.9 Å². The van der Waals surface area contributed by atoms with Crippen LogP contribution in [0, 0.1) is 6.92 Å². The molecule has 2 rings (SSSR count). The molecule has 18 heavy (non-hydrogen) atoms. The lowest BCUT2D eigenvalue weighted by Gasteiger charge is -2.28. The standard InChI is InChI=1S/C13H18N2O2S/c1-8-4-5-11(18-8)10(3)15-7-6-12(16)14-9(2)13(15)17/h4-5,9-10H,6-7H2,1-3H3,(H,14,16). The molecule has 0 bridgehead atoms. The third-order valence-corrected chi connectivity index (χ3v) is 4.42. The number of amides is 2. The molecule has 4 nitrogen and oxygen atoms in total. The Labute approximate surface area is 111 Å². The van der Waals surface area contributed by atoms with Crippen LogP contribution < -0.4 is 5.32 Å². The van der Waals surface area contributed by atoms with Crippen molar-refractivity contribution in [1.82, 2.24) is 10.2 Å².